The van der Waals surface area contributed by atoms with Gasteiger partial charge in [0.05, 0.1) is 13.2 Å². The lowest BCUT2D eigenvalue weighted by atomic mass is 9.92. The van der Waals surface area contributed by atoms with Gasteiger partial charge in [0.1, 0.15) is 5.75 Å². The van der Waals surface area contributed by atoms with E-state index in [0.717, 1.165) is 63.5 Å². The van der Waals surface area contributed by atoms with Crippen molar-refractivity contribution in [2.75, 3.05) is 26.3 Å². The summed E-state index contributed by atoms with van der Waals surface area (Å²) in [6, 6.07) is 10.8. The number of hydrogen-bond acceptors (Lipinski definition) is 3. The fraction of sp³-hybridized carbons (Fsp3) is 0.650. The maximum atomic E-state index is 11.9. The fourth-order valence-corrected chi connectivity index (χ4v) is 2.98. The van der Waals surface area contributed by atoms with Crippen LogP contribution in [-0.4, -0.2) is 37.3 Å². The summed E-state index contributed by atoms with van der Waals surface area (Å²) in [5, 5.41) is 0. The molecule has 1 amide bonds. The lowest BCUT2D eigenvalue weighted by molar-refractivity contribution is 0.0855. The summed E-state index contributed by atoms with van der Waals surface area (Å²) in [6.45, 7) is 5.08. The summed E-state index contributed by atoms with van der Waals surface area (Å²) in [4.78, 5) is 13.8. The number of rotatable bonds is 9. The normalized spacial score (nSPS) is 15.3. The summed E-state index contributed by atoms with van der Waals surface area (Å²) in [6.07, 6.45) is 7.54. The van der Waals surface area contributed by atoms with Crippen LogP contribution in [-0.2, 0) is 4.74 Å². The van der Waals surface area contributed by atoms with E-state index in [9.17, 15) is 4.79 Å². The smallest absolute Gasteiger partial charge is 0.409 e. The molecule has 0 aromatic heterocycles. The third-order valence-electron chi connectivity index (χ3n) is 4.54. The van der Waals surface area contributed by atoms with E-state index in [0.29, 0.717) is 6.61 Å². The van der Waals surface area contributed by atoms with Gasteiger partial charge < -0.3 is 14.4 Å². The van der Waals surface area contributed by atoms with E-state index in [1.165, 1.54) is 12.8 Å². The number of piperidine rings is 1. The maximum absolute atomic E-state index is 11.9. The zero-order valence-electron chi connectivity index (χ0n) is 14.8. The Kier molecular flexibility index (Phi) is 8.50. The van der Waals surface area contributed by atoms with Crippen molar-refractivity contribution >= 4 is 6.09 Å². The van der Waals surface area contributed by atoms with Crippen molar-refractivity contribution in [3.8, 4) is 5.75 Å². The summed E-state index contributed by atoms with van der Waals surface area (Å²) < 4.78 is 10.9. The first kappa shape index (κ1) is 18.6. The van der Waals surface area contributed by atoms with Crippen LogP contribution in [0.15, 0.2) is 24.3 Å². The van der Waals surface area contributed by atoms with Crippen molar-refractivity contribution in [2.45, 2.75) is 51.9 Å². The van der Waals surface area contributed by atoms with Crippen LogP contribution in [0.4, 0.5) is 4.79 Å². The molecule has 1 radical (unpaired) electrons. The molecule has 4 heteroatoms. The monoisotopic (exact) mass is 332 g/mol. The van der Waals surface area contributed by atoms with E-state index in [1.54, 1.807) is 0 Å². The van der Waals surface area contributed by atoms with Gasteiger partial charge in [0.15, 0.2) is 0 Å². The molecule has 1 aliphatic rings. The Morgan fingerprint density at radius 3 is 2.75 bits per heavy atom. The highest BCUT2D eigenvalue weighted by atomic mass is 16.6. The molecule has 1 aromatic carbocycles. The third-order valence-corrected chi connectivity index (χ3v) is 4.54. The standard InChI is InChI=1S/C20H30NO3/c1-2-3-16-24-20(22)21-14-12-18(13-15-21)9-7-8-17-23-19-10-5-4-6-11-19/h4-6,10,18H,2-3,7-9,12-17H2,1H3. The molecule has 133 valence electrons. The van der Waals surface area contributed by atoms with Crippen LogP contribution in [0.1, 0.15) is 51.9 Å². The Morgan fingerprint density at radius 1 is 1.21 bits per heavy atom. The molecule has 1 heterocycles. The van der Waals surface area contributed by atoms with Crippen LogP contribution in [0.2, 0.25) is 0 Å². The molecule has 0 bridgehead atoms. The highest BCUT2D eigenvalue weighted by Crippen LogP contribution is 2.23. The molecule has 0 aliphatic carbocycles. The molecule has 0 saturated carbocycles. The first-order valence-electron chi connectivity index (χ1n) is 9.30. The summed E-state index contributed by atoms with van der Waals surface area (Å²) in [5.74, 6) is 1.56. The second-order valence-corrected chi connectivity index (χ2v) is 6.47. The topological polar surface area (TPSA) is 38.8 Å². The highest BCUT2D eigenvalue weighted by molar-refractivity contribution is 5.67. The summed E-state index contributed by atoms with van der Waals surface area (Å²) >= 11 is 0. The van der Waals surface area contributed by atoms with E-state index >= 15 is 0 Å². The van der Waals surface area contributed by atoms with Gasteiger partial charge in [-0.25, -0.2) is 4.79 Å². The highest BCUT2D eigenvalue weighted by Gasteiger charge is 2.23. The Labute approximate surface area is 146 Å². The van der Waals surface area contributed by atoms with Gasteiger partial charge in [-0.2, -0.15) is 0 Å². The average Bonchev–Trinajstić information content (AvgIpc) is 2.63. The summed E-state index contributed by atoms with van der Waals surface area (Å²) in [5.41, 5.74) is 0. The summed E-state index contributed by atoms with van der Waals surface area (Å²) in [7, 11) is 0. The maximum Gasteiger partial charge on any atom is 0.409 e. The van der Waals surface area contributed by atoms with Gasteiger partial charge in [0.2, 0.25) is 0 Å². The van der Waals surface area contributed by atoms with Crippen LogP contribution >= 0.6 is 0 Å². The first-order valence-corrected chi connectivity index (χ1v) is 9.30. The molecule has 4 nitrogen and oxygen atoms in total. The molecule has 0 spiro atoms. The van der Waals surface area contributed by atoms with Crippen molar-refractivity contribution in [1.82, 2.24) is 4.90 Å². The molecule has 0 atom stereocenters. The van der Waals surface area contributed by atoms with E-state index in [4.69, 9.17) is 9.47 Å². The molecule has 0 N–H and O–H groups in total. The predicted octanol–water partition coefficient (Wildman–Crippen LogP) is 4.68. The molecule has 1 fully saturated rings. The van der Waals surface area contributed by atoms with Crippen LogP contribution in [0, 0.1) is 12.0 Å². The number of ether oxygens (including phenoxy) is 2. The molecule has 1 aliphatic heterocycles. The van der Waals surface area contributed by atoms with E-state index in [1.807, 2.05) is 29.2 Å². The molecule has 2 rings (SSSR count). The number of para-hydroxylation sites is 1. The molecular weight excluding hydrogens is 302 g/mol. The van der Waals surface area contributed by atoms with Crippen molar-refractivity contribution < 1.29 is 14.3 Å². The number of unbranched alkanes of at least 4 members (excludes halogenated alkanes) is 2. The van der Waals surface area contributed by atoms with Crippen LogP contribution in [0.3, 0.4) is 0 Å². The number of nitrogens with zero attached hydrogens (tertiary/aromatic N) is 1. The van der Waals surface area contributed by atoms with Crippen LogP contribution in [0.5, 0.6) is 5.75 Å². The number of carbonyl (C=O) groups excluding carboxylic acids is 1. The minimum Gasteiger partial charge on any atom is -0.493 e. The largest absolute Gasteiger partial charge is 0.493 e. The van der Waals surface area contributed by atoms with E-state index in [2.05, 4.69) is 13.0 Å². The number of amides is 1. The quantitative estimate of drug-likeness (QED) is 0.616. The van der Waals surface area contributed by atoms with Gasteiger partial charge in [-0.1, -0.05) is 38.0 Å². The second-order valence-electron chi connectivity index (χ2n) is 6.47. The van der Waals surface area contributed by atoms with Crippen LogP contribution in [0.25, 0.3) is 0 Å². The van der Waals surface area contributed by atoms with Crippen LogP contribution < -0.4 is 4.74 Å². The molecule has 1 saturated heterocycles. The number of likely N-dealkylation sites (tertiary alicyclic amines) is 1. The van der Waals surface area contributed by atoms with Gasteiger partial charge in [-0.05, 0) is 44.1 Å². The fourth-order valence-electron chi connectivity index (χ4n) is 2.98. The zero-order valence-corrected chi connectivity index (χ0v) is 14.8. The predicted molar refractivity (Wildman–Crippen MR) is 95.2 cm³/mol. The van der Waals surface area contributed by atoms with Gasteiger partial charge in [-0.3, -0.25) is 0 Å². The SMILES string of the molecule is CCCCOC(=O)N1CCC(CCCCOc2[c]cccc2)CC1. The number of carbonyl (C=O) groups is 1. The first-order chi connectivity index (χ1) is 11.8. The van der Waals surface area contributed by atoms with Gasteiger partial charge in [0.25, 0.3) is 0 Å². The zero-order chi connectivity index (χ0) is 17.0. The van der Waals surface area contributed by atoms with Gasteiger partial charge in [0, 0.05) is 19.2 Å². The van der Waals surface area contributed by atoms with Gasteiger partial charge in [-0.15, -0.1) is 0 Å². The minimum absolute atomic E-state index is 0.130. The Hall–Kier alpha value is -1.71. The lowest BCUT2D eigenvalue weighted by Crippen LogP contribution is -2.38. The van der Waals surface area contributed by atoms with Crippen molar-refractivity contribution in [1.29, 1.82) is 0 Å². The van der Waals surface area contributed by atoms with Gasteiger partial charge >= 0.3 is 6.09 Å². The van der Waals surface area contributed by atoms with Crippen molar-refractivity contribution in [2.24, 2.45) is 5.92 Å². The van der Waals surface area contributed by atoms with E-state index in [-0.39, 0.29) is 6.09 Å². The second kappa shape index (κ2) is 11.0. The molecule has 1 aromatic rings. The lowest BCUT2D eigenvalue weighted by Gasteiger charge is -2.31. The average molecular weight is 332 g/mol. The Bertz CT molecular complexity index is 455. The van der Waals surface area contributed by atoms with Crippen molar-refractivity contribution in [3.05, 3.63) is 30.3 Å². The third kappa shape index (κ3) is 6.81. The molecular formula is C20H30NO3. The number of benzene rings is 1. The number of hydrogen-bond donors (Lipinski definition) is 0. The van der Waals surface area contributed by atoms with Crippen molar-refractivity contribution in [3.63, 3.8) is 0 Å². The molecule has 24 heavy (non-hydrogen) atoms. The Balaban J connectivity index is 1.51. The van der Waals surface area contributed by atoms with E-state index < -0.39 is 0 Å². The molecule has 0 unspecified atom stereocenters. The Morgan fingerprint density at radius 2 is 2.04 bits per heavy atom. The minimum atomic E-state index is -0.130.